The second kappa shape index (κ2) is 9.94. The molecule has 3 aromatic rings. The molecule has 0 radical (unpaired) electrons. The highest BCUT2D eigenvalue weighted by Gasteiger charge is 2.20. The highest BCUT2D eigenvalue weighted by molar-refractivity contribution is 7.18. The fraction of sp³-hybridized carbons (Fsp3) is 0.333. The van der Waals surface area contributed by atoms with Gasteiger partial charge in [0, 0.05) is 30.9 Å². The average molecular weight is 397 g/mol. The Morgan fingerprint density at radius 1 is 1.18 bits per heavy atom. The molecule has 0 saturated heterocycles. The maximum atomic E-state index is 12.9. The van der Waals surface area contributed by atoms with Crippen molar-refractivity contribution >= 4 is 22.4 Å². The Kier molecular flexibility index (Phi) is 7.08. The Hall–Kier alpha value is -2.80. The number of rotatable bonds is 9. The Morgan fingerprint density at radius 2 is 2.00 bits per heavy atom. The number of carbonyl (C=O) groups is 1. The van der Waals surface area contributed by atoms with Crippen LogP contribution in [0.1, 0.15) is 31.7 Å². The lowest BCUT2D eigenvalue weighted by molar-refractivity contribution is -0.118. The lowest BCUT2D eigenvalue weighted by Gasteiger charge is -2.19. The predicted octanol–water partition coefficient (Wildman–Crippen LogP) is 4.37. The van der Waals surface area contributed by atoms with Gasteiger partial charge in [0.1, 0.15) is 5.75 Å². The molecular formula is C21H24N4O2S. The Labute approximate surface area is 169 Å². The van der Waals surface area contributed by atoms with Crippen LogP contribution >= 0.6 is 11.3 Å². The van der Waals surface area contributed by atoms with Gasteiger partial charge >= 0.3 is 0 Å². The van der Waals surface area contributed by atoms with Gasteiger partial charge in [-0.1, -0.05) is 36.8 Å². The molecule has 7 heteroatoms. The maximum Gasteiger partial charge on any atom is 0.229 e. The summed E-state index contributed by atoms with van der Waals surface area (Å²) in [7, 11) is 1.64. The topological polar surface area (TPSA) is 68.2 Å². The molecule has 2 heterocycles. The molecule has 0 bridgehead atoms. The van der Waals surface area contributed by atoms with Crippen molar-refractivity contribution in [3.8, 4) is 16.3 Å². The third-order valence-corrected chi connectivity index (χ3v) is 5.37. The zero-order valence-corrected chi connectivity index (χ0v) is 17.0. The van der Waals surface area contributed by atoms with Crippen LogP contribution in [0, 0.1) is 0 Å². The first-order valence-corrected chi connectivity index (χ1v) is 10.2. The number of ether oxygens (including phenoxy) is 1. The number of hydrogen-bond donors (Lipinski definition) is 0. The minimum atomic E-state index is 0.0677. The smallest absolute Gasteiger partial charge is 0.229 e. The number of amides is 1. The molecule has 0 fully saturated rings. The van der Waals surface area contributed by atoms with Crippen LogP contribution in [0.2, 0.25) is 0 Å². The van der Waals surface area contributed by atoms with Crippen LogP contribution in [0.4, 0.5) is 5.13 Å². The quantitative estimate of drug-likeness (QED) is 0.537. The van der Waals surface area contributed by atoms with Crippen molar-refractivity contribution in [2.75, 3.05) is 18.6 Å². The van der Waals surface area contributed by atoms with Gasteiger partial charge < -0.3 is 4.74 Å². The zero-order valence-electron chi connectivity index (χ0n) is 16.2. The third kappa shape index (κ3) is 5.13. The van der Waals surface area contributed by atoms with Gasteiger partial charge in [0.15, 0.2) is 5.01 Å². The summed E-state index contributed by atoms with van der Waals surface area (Å²) < 4.78 is 5.18. The SMILES string of the molecule is CCCCN(C(=O)CCc1ccc(OC)cc1)c1nnc(-c2cccnc2)s1. The van der Waals surface area contributed by atoms with E-state index in [0.29, 0.717) is 24.5 Å². The second-order valence-electron chi connectivity index (χ2n) is 6.38. The average Bonchev–Trinajstić information content (AvgIpc) is 3.23. The van der Waals surface area contributed by atoms with Crippen LogP contribution < -0.4 is 9.64 Å². The van der Waals surface area contributed by atoms with Crippen molar-refractivity contribution < 1.29 is 9.53 Å². The number of methoxy groups -OCH3 is 1. The zero-order chi connectivity index (χ0) is 19.8. The Bertz CT molecular complexity index is 881. The van der Waals surface area contributed by atoms with E-state index in [2.05, 4.69) is 22.1 Å². The van der Waals surface area contributed by atoms with Crippen LogP contribution in [-0.2, 0) is 11.2 Å². The molecule has 0 aliphatic carbocycles. The van der Waals surface area contributed by atoms with E-state index in [0.717, 1.165) is 34.7 Å². The van der Waals surface area contributed by atoms with E-state index in [4.69, 9.17) is 4.74 Å². The monoisotopic (exact) mass is 396 g/mol. The minimum Gasteiger partial charge on any atom is -0.497 e. The molecular weight excluding hydrogens is 372 g/mol. The molecule has 6 nitrogen and oxygen atoms in total. The molecule has 28 heavy (non-hydrogen) atoms. The summed E-state index contributed by atoms with van der Waals surface area (Å²) in [6, 6.07) is 11.6. The molecule has 0 atom stereocenters. The van der Waals surface area contributed by atoms with Crippen molar-refractivity contribution in [3.05, 3.63) is 54.4 Å². The van der Waals surface area contributed by atoms with Crippen molar-refractivity contribution in [1.82, 2.24) is 15.2 Å². The summed E-state index contributed by atoms with van der Waals surface area (Å²) in [6.45, 7) is 2.76. The molecule has 0 unspecified atom stereocenters. The van der Waals surface area contributed by atoms with Gasteiger partial charge in [-0.25, -0.2) is 0 Å². The van der Waals surface area contributed by atoms with Gasteiger partial charge in [-0.05, 0) is 42.7 Å². The molecule has 0 saturated carbocycles. The van der Waals surface area contributed by atoms with Gasteiger partial charge in [0.2, 0.25) is 11.0 Å². The van der Waals surface area contributed by atoms with Gasteiger partial charge in [-0.3, -0.25) is 14.7 Å². The van der Waals surface area contributed by atoms with Gasteiger partial charge in [0.25, 0.3) is 0 Å². The van der Waals surface area contributed by atoms with Crippen LogP contribution in [0.15, 0.2) is 48.8 Å². The summed E-state index contributed by atoms with van der Waals surface area (Å²) in [4.78, 5) is 18.8. The molecule has 2 aromatic heterocycles. The van der Waals surface area contributed by atoms with Crippen molar-refractivity contribution in [2.24, 2.45) is 0 Å². The molecule has 146 valence electrons. The lowest BCUT2D eigenvalue weighted by Crippen LogP contribution is -2.32. The highest BCUT2D eigenvalue weighted by atomic mass is 32.1. The third-order valence-electron chi connectivity index (χ3n) is 4.38. The van der Waals surface area contributed by atoms with Crippen LogP contribution in [0.25, 0.3) is 10.6 Å². The summed E-state index contributed by atoms with van der Waals surface area (Å²) in [5, 5.41) is 9.95. The molecule has 0 N–H and O–H groups in total. The number of benzene rings is 1. The van der Waals surface area contributed by atoms with Gasteiger partial charge in [0.05, 0.1) is 7.11 Å². The number of aromatic nitrogens is 3. The second-order valence-corrected chi connectivity index (χ2v) is 7.33. The van der Waals surface area contributed by atoms with Gasteiger partial charge in [-0.15, -0.1) is 10.2 Å². The Balaban J connectivity index is 1.70. The van der Waals surface area contributed by atoms with E-state index in [9.17, 15) is 4.79 Å². The summed E-state index contributed by atoms with van der Waals surface area (Å²) >= 11 is 1.43. The summed E-state index contributed by atoms with van der Waals surface area (Å²) in [5.41, 5.74) is 2.02. The number of anilines is 1. The fourth-order valence-electron chi connectivity index (χ4n) is 2.75. The van der Waals surface area contributed by atoms with Crippen LogP contribution in [0.3, 0.4) is 0 Å². The van der Waals surface area contributed by atoms with E-state index < -0.39 is 0 Å². The summed E-state index contributed by atoms with van der Waals surface area (Å²) in [6.07, 6.45) is 6.53. The molecule has 0 aliphatic heterocycles. The van der Waals surface area contributed by atoms with Crippen LogP contribution in [0.5, 0.6) is 5.75 Å². The van der Waals surface area contributed by atoms with E-state index in [1.807, 2.05) is 36.4 Å². The van der Waals surface area contributed by atoms with E-state index >= 15 is 0 Å². The van der Waals surface area contributed by atoms with E-state index in [-0.39, 0.29) is 5.91 Å². The van der Waals surface area contributed by atoms with Crippen molar-refractivity contribution in [2.45, 2.75) is 32.6 Å². The fourth-order valence-corrected chi connectivity index (χ4v) is 3.63. The first-order chi connectivity index (χ1) is 13.7. The first-order valence-electron chi connectivity index (χ1n) is 9.38. The molecule has 1 aromatic carbocycles. The maximum absolute atomic E-state index is 12.9. The predicted molar refractivity (Wildman–Crippen MR) is 112 cm³/mol. The Morgan fingerprint density at radius 3 is 2.68 bits per heavy atom. The minimum absolute atomic E-state index is 0.0677. The first kappa shape index (κ1) is 19.9. The van der Waals surface area contributed by atoms with E-state index in [1.54, 1.807) is 24.4 Å². The number of pyridine rings is 1. The standard InChI is InChI=1S/C21H24N4O2S/c1-3-4-14-25(19(26)12-9-16-7-10-18(27-2)11-8-16)21-24-23-20(28-21)17-6-5-13-22-15-17/h5-8,10-11,13,15H,3-4,9,12,14H2,1-2H3. The molecule has 0 aliphatic rings. The van der Waals surface area contributed by atoms with E-state index in [1.165, 1.54) is 11.3 Å². The highest BCUT2D eigenvalue weighted by Crippen LogP contribution is 2.29. The largest absolute Gasteiger partial charge is 0.497 e. The van der Waals surface area contributed by atoms with Gasteiger partial charge in [-0.2, -0.15) is 0 Å². The number of nitrogens with zero attached hydrogens (tertiary/aromatic N) is 4. The normalized spacial score (nSPS) is 10.6. The van der Waals surface area contributed by atoms with Crippen molar-refractivity contribution in [1.29, 1.82) is 0 Å². The number of carbonyl (C=O) groups excluding carboxylic acids is 1. The van der Waals surface area contributed by atoms with Crippen LogP contribution in [-0.4, -0.2) is 34.7 Å². The molecule has 0 spiro atoms. The number of aryl methyl sites for hydroxylation is 1. The number of hydrogen-bond acceptors (Lipinski definition) is 6. The molecule has 1 amide bonds. The number of unbranched alkanes of at least 4 members (excludes halogenated alkanes) is 1. The van der Waals surface area contributed by atoms with Crippen molar-refractivity contribution in [3.63, 3.8) is 0 Å². The summed E-state index contributed by atoms with van der Waals surface area (Å²) in [5.74, 6) is 0.884. The molecule has 3 rings (SSSR count). The lowest BCUT2D eigenvalue weighted by atomic mass is 10.1.